The molecule has 238 valence electrons. The first-order valence-corrected chi connectivity index (χ1v) is 15.8. The van der Waals surface area contributed by atoms with Gasteiger partial charge in [-0.05, 0) is 64.7 Å². The maximum atomic E-state index is 14.1. The Morgan fingerprint density at radius 1 is 1.20 bits per heavy atom. The number of aliphatic carboxylic acids is 1. The molecule has 1 aromatic carbocycles. The molecule has 5 rings (SSSR count). The van der Waals surface area contributed by atoms with Crippen LogP contribution in [0.15, 0.2) is 30.4 Å². The Labute approximate surface area is 260 Å². The lowest BCUT2D eigenvalue weighted by molar-refractivity contribution is -0.145. The van der Waals surface area contributed by atoms with E-state index in [0.717, 1.165) is 29.5 Å². The summed E-state index contributed by atoms with van der Waals surface area (Å²) in [6.07, 6.45) is 6.37. The van der Waals surface area contributed by atoms with Crippen molar-refractivity contribution in [1.29, 1.82) is 0 Å². The largest absolute Gasteiger partial charge is 0.497 e. The normalized spacial score (nSPS) is 28.5. The summed E-state index contributed by atoms with van der Waals surface area (Å²) in [5.41, 5.74) is -1.45. The molecule has 2 aromatic rings. The predicted octanol–water partition coefficient (Wildman–Crippen LogP) is 4.03. The maximum Gasteiger partial charge on any atom is 0.408 e. The van der Waals surface area contributed by atoms with Crippen molar-refractivity contribution in [2.24, 2.45) is 5.92 Å². The summed E-state index contributed by atoms with van der Waals surface area (Å²) in [7, 11) is 1.58. The number of carbonyl (C=O) groups is 4. The number of allylic oxidation sites excluding steroid dienone is 1. The molecule has 3 N–H and O–H groups in total. The fraction of sp³-hybridized carbons (Fsp3) is 0.581. The Kier molecular flexibility index (Phi) is 9.05. The summed E-state index contributed by atoms with van der Waals surface area (Å²) in [6.45, 7) is 5.28. The van der Waals surface area contributed by atoms with Crippen molar-refractivity contribution in [3.8, 4) is 10.9 Å². The highest BCUT2D eigenvalue weighted by Gasteiger charge is 2.61. The van der Waals surface area contributed by atoms with Gasteiger partial charge >= 0.3 is 12.1 Å². The first kappa shape index (κ1) is 31.6. The number of hydrogen-bond donors (Lipinski definition) is 3. The van der Waals surface area contributed by atoms with Gasteiger partial charge in [0.1, 0.15) is 35.1 Å². The number of ether oxygens (including phenoxy) is 3. The van der Waals surface area contributed by atoms with E-state index in [0.29, 0.717) is 23.8 Å². The van der Waals surface area contributed by atoms with Gasteiger partial charge in [0, 0.05) is 12.3 Å². The standard InChI is InChI=1S/C31H40N4O8S/c1-30(2,3)43-28(40)32-22-11-9-7-5-6-8-10-18-16-31(18,27(38)39)34-25(36)23-14-20(17-35(23)26(22)37)42-29-33-21-13-12-19(41-4)15-24(21)44-29/h8,10,12-13,15,18,20,22-23H,5-7,9,11,14,16-17H2,1-4H3,(H,32,40)(H,34,36)(H,38,39)/b10-8-/t18-,20+,22-,23-,31+/m0/s1. The van der Waals surface area contributed by atoms with E-state index in [1.807, 2.05) is 24.3 Å². The van der Waals surface area contributed by atoms with Crippen LogP contribution in [0.4, 0.5) is 4.79 Å². The van der Waals surface area contributed by atoms with Crippen LogP contribution >= 0.6 is 11.3 Å². The number of alkyl carbamates (subject to hydrolysis) is 1. The number of methoxy groups -OCH3 is 1. The second-order valence-corrected chi connectivity index (χ2v) is 13.6. The van der Waals surface area contributed by atoms with Crippen molar-refractivity contribution in [3.05, 3.63) is 30.4 Å². The van der Waals surface area contributed by atoms with Crippen molar-refractivity contribution >= 4 is 45.4 Å². The second kappa shape index (κ2) is 12.6. The van der Waals surface area contributed by atoms with Gasteiger partial charge in [-0.25, -0.2) is 14.6 Å². The van der Waals surface area contributed by atoms with Crippen LogP contribution in [0.2, 0.25) is 0 Å². The molecule has 0 radical (unpaired) electrons. The third kappa shape index (κ3) is 7.09. The van der Waals surface area contributed by atoms with Crippen molar-refractivity contribution in [2.75, 3.05) is 13.7 Å². The fourth-order valence-corrected chi connectivity index (χ4v) is 6.71. The molecule has 2 fully saturated rings. The van der Waals surface area contributed by atoms with Gasteiger partial charge in [0.25, 0.3) is 5.19 Å². The van der Waals surface area contributed by atoms with E-state index < -0.39 is 53.2 Å². The van der Waals surface area contributed by atoms with Gasteiger partial charge in [-0.2, -0.15) is 0 Å². The minimum Gasteiger partial charge on any atom is -0.497 e. The summed E-state index contributed by atoms with van der Waals surface area (Å²) >= 11 is 1.32. The number of benzene rings is 1. The molecule has 12 nitrogen and oxygen atoms in total. The van der Waals surface area contributed by atoms with Crippen LogP contribution in [-0.2, 0) is 19.1 Å². The highest BCUT2D eigenvalue weighted by atomic mass is 32.1. The quantitative estimate of drug-likeness (QED) is 0.416. The van der Waals surface area contributed by atoms with E-state index in [4.69, 9.17) is 14.2 Å². The molecule has 3 heterocycles. The fourth-order valence-electron chi connectivity index (χ4n) is 5.80. The summed E-state index contributed by atoms with van der Waals surface area (Å²) in [5, 5.41) is 15.9. The van der Waals surface area contributed by atoms with E-state index in [1.54, 1.807) is 33.9 Å². The molecule has 1 aliphatic carbocycles. The molecule has 1 saturated carbocycles. The monoisotopic (exact) mass is 628 g/mol. The summed E-state index contributed by atoms with van der Waals surface area (Å²) in [6, 6.07) is 3.55. The van der Waals surface area contributed by atoms with Crippen molar-refractivity contribution in [2.45, 2.75) is 95.0 Å². The van der Waals surface area contributed by atoms with E-state index in [1.165, 1.54) is 16.2 Å². The Morgan fingerprint density at radius 3 is 2.73 bits per heavy atom. The van der Waals surface area contributed by atoms with Gasteiger partial charge in [0.05, 0.1) is 23.9 Å². The van der Waals surface area contributed by atoms with Crippen LogP contribution in [0.5, 0.6) is 10.9 Å². The number of carboxylic acid groups (broad SMARTS) is 1. The number of nitrogens with zero attached hydrogens (tertiary/aromatic N) is 2. The number of hydrogen-bond acceptors (Lipinski definition) is 9. The van der Waals surface area contributed by atoms with Gasteiger partial charge in [-0.1, -0.05) is 36.3 Å². The van der Waals surface area contributed by atoms with Crippen LogP contribution in [0.1, 0.15) is 65.7 Å². The van der Waals surface area contributed by atoms with Crippen LogP contribution < -0.4 is 20.1 Å². The van der Waals surface area contributed by atoms with Crippen LogP contribution in [0, 0.1) is 5.92 Å². The molecule has 1 aromatic heterocycles. The van der Waals surface area contributed by atoms with Crippen LogP contribution in [-0.4, -0.2) is 81.8 Å². The molecule has 1 saturated heterocycles. The molecule has 2 aliphatic heterocycles. The Balaban J connectivity index is 1.41. The molecule has 44 heavy (non-hydrogen) atoms. The zero-order valence-electron chi connectivity index (χ0n) is 25.5. The zero-order chi connectivity index (χ0) is 31.6. The molecule has 0 bridgehead atoms. The molecular formula is C31H40N4O8S. The van der Waals surface area contributed by atoms with Gasteiger partial charge in [0.2, 0.25) is 11.8 Å². The number of aromatic nitrogens is 1. The third-order valence-corrected chi connectivity index (χ3v) is 9.06. The summed E-state index contributed by atoms with van der Waals surface area (Å²) in [5.74, 6) is -1.76. The summed E-state index contributed by atoms with van der Waals surface area (Å²) < 4.78 is 17.8. The molecule has 5 atom stereocenters. The van der Waals surface area contributed by atoms with Crippen molar-refractivity contribution in [3.63, 3.8) is 0 Å². The predicted molar refractivity (Wildman–Crippen MR) is 163 cm³/mol. The molecule has 3 aliphatic rings. The SMILES string of the molecule is COc1ccc2nc(O[C@@H]3C[C@H]4C(=O)N[C@]5(C(=O)O)C[C@@H]5/C=C\CCCCC[C@H](NC(=O)OC(C)(C)C)C(=O)N4C3)sc2c1. The number of rotatable bonds is 5. The Morgan fingerprint density at radius 2 is 2.00 bits per heavy atom. The van der Waals surface area contributed by atoms with E-state index in [-0.39, 0.29) is 25.3 Å². The topological polar surface area (TPSA) is 156 Å². The number of carboxylic acids is 1. The molecule has 0 unspecified atom stereocenters. The highest BCUT2D eigenvalue weighted by Crippen LogP contribution is 2.45. The lowest BCUT2D eigenvalue weighted by Crippen LogP contribution is -2.56. The number of amides is 3. The average molecular weight is 629 g/mol. The lowest BCUT2D eigenvalue weighted by Gasteiger charge is -2.30. The van der Waals surface area contributed by atoms with Gasteiger partial charge in [-0.15, -0.1) is 0 Å². The van der Waals surface area contributed by atoms with E-state index >= 15 is 0 Å². The smallest absolute Gasteiger partial charge is 0.408 e. The first-order valence-electron chi connectivity index (χ1n) is 15.0. The van der Waals surface area contributed by atoms with E-state index in [2.05, 4.69) is 15.6 Å². The molecule has 0 spiro atoms. The lowest BCUT2D eigenvalue weighted by atomic mass is 10.0. The highest BCUT2D eigenvalue weighted by molar-refractivity contribution is 7.20. The van der Waals surface area contributed by atoms with Gasteiger partial charge in [0.15, 0.2) is 0 Å². The second-order valence-electron chi connectivity index (χ2n) is 12.6. The number of nitrogens with one attached hydrogen (secondary N) is 2. The Bertz CT molecular complexity index is 1450. The molecule has 13 heteroatoms. The number of carbonyl (C=O) groups excluding carboxylic acids is 3. The van der Waals surface area contributed by atoms with Gasteiger partial charge in [-0.3, -0.25) is 9.59 Å². The minimum absolute atomic E-state index is 0.0616. The van der Waals surface area contributed by atoms with E-state index in [9.17, 15) is 24.3 Å². The number of thiazole rings is 1. The first-order chi connectivity index (χ1) is 20.9. The third-order valence-electron chi connectivity index (χ3n) is 8.16. The Hall–Kier alpha value is -3.87. The van der Waals surface area contributed by atoms with Crippen molar-refractivity contribution in [1.82, 2.24) is 20.5 Å². The van der Waals surface area contributed by atoms with Crippen LogP contribution in [0.3, 0.4) is 0 Å². The zero-order valence-corrected chi connectivity index (χ0v) is 26.3. The average Bonchev–Trinajstić information content (AvgIpc) is 3.27. The minimum atomic E-state index is -1.42. The van der Waals surface area contributed by atoms with Crippen molar-refractivity contribution < 1.29 is 38.5 Å². The molecule has 3 amide bonds. The molecular weight excluding hydrogens is 588 g/mol. The summed E-state index contributed by atoms with van der Waals surface area (Å²) in [4.78, 5) is 58.9. The number of fused-ring (bicyclic) bond motifs is 3. The van der Waals surface area contributed by atoms with Crippen LogP contribution in [0.25, 0.3) is 10.2 Å². The maximum absolute atomic E-state index is 14.1. The van der Waals surface area contributed by atoms with Gasteiger partial charge < -0.3 is 34.9 Å².